The second kappa shape index (κ2) is 6.83. The highest BCUT2D eigenvalue weighted by molar-refractivity contribution is 9.10. The van der Waals surface area contributed by atoms with Crippen molar-refractivity contribution in [2.24, 2.45) is 0 Å². The van der Waals surface area contributed by atoms with Crippen molar-refractivity contribution < 1.29 is 0 Å². The predicted molar refractivity (Wildman–Crippen MR) is 93.1 cm³/mol. The van der Waals surface area contributed by atoms with Crippen molar-refractivity contribution >= 4 is 32.7 Å². The Morgan fingerprint density at radius 2 is 1.91 bits per heavy atom. The molecule has 0 saturated carbocycles. The first-order valence-electron chi connectivity index (χ1n) is 7.32. The Morgan fingerprint density at radius 3 is 2.68 bits per heavy atom. The lowest BCUT2D eigenvalue weighted by Gasteiger charge is -2.23. The van der Waals surface area contributed by atoms with E-state index in [1.165, 1.54) is 5.56 Å². The molecule has 0 fully saturated rings. The normalized spacial score (nSPS) is 10.8. The molecule has 0 saturated heterocycles. The number of anilines is 1. The van der Waals surface area contributed by atoms with Gasteiger partial charge < -0.3 is 4.90 Å². The van der Waals surface area contributed by atoms with Gasteiger partial charge in [0, 0.05) is 35.3 Å². The Bertz CT molecular complexity index is 761. The third-order valence-corrected chi connectivity index (χ3v) is 4.17. The highest BCUT2D eigenvalue weighted by Gasteiger charge is 2.11. The van der Waals surface area contributed by atoms with Gasteiger partial charge in [-0.1, -0.05) is 15.9 Å². The maximum atomic E-state index is 4.51. The molecule has 0 bridgehead atoms. The van der Waals surface area contributed by atoms with Gasteiger partial charge in [0.15, 0.2) is 0 Å². The molecule has 0 aliphatic rings. The molecule has 0 aliphatic carbocycles. The van der Waals surface area contributed by atoms with Crippen molar-refractivity contribution in [2.75, 3.05) is 18.0 Å². The SMILES string of the molecule is CCN(CCc1ccncc1)c1ncnc2ccc(Br)cc12. The molecule has 4 nitrogen and oxygen atoms in total. The zero-order valence-corrected chi connectivity index (χ0v) is 14.0. The second-order valence-corrected chi connectivity index (χ2v) is 5.96. The Morgan fingerprint density at radius 1 is 1.09 bits per heavy atom. The third kappa shape index (κ3) is 3.25. The van der Waals surface area contributed by atoms with Gasteiger partial charge in [0.1, 0.15) is 12.1 Å². The van der Waals surface area contributed by atoms with E-state index >= 15 is 0 Å². The van der Waals surface area contributed by atoms with Crippen molar-refractivity contribution in [3.8, 4) is 0 Å². The summed E-state index contributed by atoms with van der Waals surface area (Å²) in [6.07, 6.45) is 6.28. The smallest absolute Gasteiger partial charge is 0.139 e. The topological polar surface area (TPSA) is 41.9 Å². The first-order valence-corrected chi connectivity index (χ1v) is 8.11. The van der Waals surface area contributed by atoms with Gasteiger partial charge in [-0.3, -0.25) is 4.98 Å². The van der Waals surface area contributed by atoms with Crippen molar-refractivity contribution in [3.05, 3.63) is 59.1 Å². The van der Waals surface area contributed by atoms with Gasteiger partial charge in [-0.2, -0.15) is 0 Å². The van der Waals surface area contributed by atoms with E-state index in [4.69, 9.17) is 0 Å². The van der Waals surface area contributed by atoms with Crippen LogP contribution in [-0.2, 0) is 6.42 Å². The monoisotopic (exact) mass is 356 g/mol. The quantitative estimate of drug-likeness (QED) is 0.696. The summed E-state index contributed by atoms with van der Waals surface area (Å²) in [5, 5.41) is 1.08. The Labute approximate surface area is 138 Å². The number of likely N-dealkylation sites (N-methyl/N-ethyl adjacent to an activating group) is 1. The summed E-state index contributed by atoms with van der Waals surface area (Å²) in [6.45, 7) is 3.97. The Hall–Kier alpha value is -2.01. The molecule has 3 rings (SSSR count). The van der Waals surface area contributed by atoms with E-state index < -0.39 is 0 Å². The van der Waals surface area contributed by atoms with E-state index in [-0.39, 0.29) is 0 Å². The maximum absolute atomic E-state index is 4.51. The van der Waals surface area contributed by atoms with Crippen LogP contribution in [0.5, 0.6) is 0 Å². The number of hydrogen-bond acceptors (Lipinski definition) is 4. The van der Waals surface area contributed by atoms with E-state index in [0.717, 1.165) is 40.7 Å². The van der Waals surface area contributed by atoms with Gasteiger partial charge in [0.05, 0.1) is 5.52 Å². The Balaban J connectivity index is 1.88. The molecule has 2 heterocycles. The van der Waals surface area contributed by atoms with Gasteiger partial charge in [-0.25, -0.2) is 9.97 Å². The van der Waals surface area contributed by atoms with E-state index in [1.807, 2.05) is 24.5 Å². The first-order chi connectivity index (χ1) is 10.8. The zero-order chi connectivity index (χ0) is 15.4. The largest absolute Gasteiger partial charge is 0.356 e. The van der Waals surface area contributed by atoms with Crippen LogP contribution in [0.1, 0.15) is 12.5 Å². The van der Waals surface area contributed by atoms with Gasteiger partial charge in [0.25, 0.3) is 0 Å². The molecule has 112 valence electrons. The fourth-order valence-corrected chi connectivity index (χ4v) is 2.86. The lowest BCUT2D eigenvalue weighted by molar-refractivity contribution is 0.796. The van der Waals surface area contributed by atoms with Gasteiger partial charge in [-0.15, -0.1) is 0 Å². The molecule has 0 spiro atoms. The molecule has 0 N–H and O–H groups in total. The zero-order valence-electron chi connectivity index (χ0n) is 12.4. The molecular weight excluding hydrogens is 340 g/mol. The van der Waals surface area contributed by atoms with E-state index in [9.17, 15) is 0 Å². The predicted octanol–water partition coefficient (Wildman–Crippen LogP) is 3.86. The lowest BCUT2D eigenvalue weighted by Crippen LogP contribution is -2.26. The fraction of sp³-hybridized carbons (Fsp3) is 0.235. The van der Waals surface area contributed by atoms with Crippen molar-refractivity contribution in [3.63, 3.8) is 0 Å². The lowest BCUT2D eigenvalue weighted by atomic mass is 10.1. The molecule has 0 aliphatic heterocycles. The number of fused-ring (bicyclic) bond motifs is 1. The summed E-state index contributed by atoms with van der Waals surface area (Å²) >= 11 is 3.53. The average molecular weight is 357 g/mol. The molecule has 0 unspecified atom stereocenters. The van der Waals surface area contributed by atoms with Gasteiger partial charge in [-0.05, 0) is 49.2 Å². The number of benzene rings is 1. The summed E-state index contributed by atoms with van der Waals surface area (Å²) in [6, 6.07) is 10.2. The van der Waals surface area contributed by atoms with E-state index in [1.54, 1.807) is 6.33 Å². The summed E-state index contributed by atoms with van der Waals surface area (Å²) < 4.78 is 1.04. The minimum atomic E-state index is 0.906. The highest BCUT2D eigenvalue weighted by atomic mass is 79.9. The minimum absolute atomic E-state index is 0.906. The molecule has 1 aromatic carbocycles. The number of nitrogens with zero attached hydrogens (tertiary/aromatic N) is 4. The molecule has 22 heavy (non-hydrogen) atoms. The number of hydrogen-bond donors (Lipinski definition) is 0. The van der Waals surface area contributed by atoms with E-state index in [0.29, 0.717) is 0 Å². The summed E-state index contributed by atoms with van der Waals surface area (Å²) in [7, 11) is 0. The van der Waals surface area contributed by atoms with Crippen LogP contribution < -0.4 is 4.90 Å². The van der Waals surface area contributed by atoms with Crippen LogP contribution in [0, 0.1) is 0 Å². The van der Waals surface area contributed by atoms with Crippen molar-refractivity contribution in [2.45, 2.75) is 13.3 Å². The minimum Gasteiger partial charge on any atom is -0.356 e. The van der Waals surface area contributed by atoms with E-state index in [2.05, 4.69) is 60.9 Å². The highest BCUT2D eigenvalue weighted by Crippen LogP contribution is 2.26. The molecule has 3 aromatic rings. The van der Waals surface area contributed by atoms with Crippen molar-refractivity contribution in [1.29, 1.82) is 0 Å². The van der Waals surface area contributed by atoms with Gasteiger partial charge in [0.2, 0.25) is 0 Å². The van der Waals surface area contributed by atoms with Crippen LogP contribution >= 0.6 is 15.9 Å². The van der Waals surface area contributed by atoms with Crippen LogP contribution in [0.25, 0.3) is 10.9 Å². The van der Waals surface area contributed by atoms with Crippen LogP contribution in [0.15, 0.2) is 53.5 Å². The fourth-order valence-electron chi connectivity index (χ4n) is 2.49. The molecule has 0 atom stereocenters. The molecule has 2 aromatic heterocycles. The van der Waals surface area contributed by atoms with Crippen LogP contribution in [0.2, 0.25) is 0 Å². The van der Waals surface area contributed by atoms with Gasteiger partial charge >= 0.3 is 0 Å². The summed E-state index contributed by atoms with van der Waals surface area (Å²) in [5.74, 6) is 0.989. The standard InChI is InChI=1S/C17H17BrN4/c1-2-22(10-7-13-5-8-19-9-6-13)17-15-11-14(18)3-4-16(15)20-12-21-17/h3-6,8-9,11-12H,2,7,10H2,1H3. The Kier molecular flexibility index (Phi) is 4.63. The molecular formula is C17H17BrN4. The molecule has 0 amide bonds. The number of rotatable bonds is 5. The molecule has 5 heteroatoms. The first kappa shape index (κ1) is 14.9. The number of halogens is 1. The summed E-state index contributed by atoms with van der Waals surface area (Å²) in [5.41, 5.74) is 2.25. The van der Waals surface area contributed by atoms with Crippen molar-refractivity contribution in [1.82, 2.24) is 15.0 Å². The maximum Gasteiger partial charge on any atom is 0.139 e. The average Bonchev–Trinajstić information content (AvgIpc) is 2.56. The molecule has 0 radical (unpaired) electrons. The van der Waals surface area contributed by atoms with Crippen LogP contribution in [-0.4, -0.2) is 28.0 Å². The number of aromatic nitrogens is 3. The van der Waals surface area contributed by atoms with Crippen LogP contribution in [0.3, 0.4) is 0 Å². The summed E-state index contributed by atoms with van der Waals surface area (Å²) in [4.78, 5) is 15.2. The number of pyridine rings is 1. The second-order valence-electron chi connectivity index (χ2n) is 5.04. The third-order valence-electron chi connectivity index (χ3n) is 3.68. The van der Waals surface area contributed by atoms with Crippen LogP contribution in [0.4, 0.5) is 5.82 Å².